The standard InChI is InChI=1S/C10H16N2O2/c1-11-8-10(14)12-6-3-2-4-9(12)5-7-13/h9,13H,2-8H2. The lowest BCUT2D eigenvalue weighted by atomic mass is 9.99. The molecule has 0 bridgehead atoms. The van der Waals surface area contributed by atoms with Crippen LogP contribution in [0.15, 0.2) is 0 Å². The molecule has 1 amide bonds. The molecular formula is C10H16N2O2. The van der Waals surface area contributed by atoms with E-state index in [1.54, 1.807) is 4.90 Å². The molecule has 1 aliphatic rings. The van der Waals surface area contributed by atoms with Gasteiger partial charge in [-0.2, -0.15) is 0 Å². The Morgan fingerprint density at radius 2 is 2.36 bits per heavy atom. The number of aliphatic hydroxyl groups excluding tert-OH is 1. The molecule has 0 aliphatic carbocycles. The Morgan fingerprint density at radius 1 is 1.57 bits per heavy atom. The number of likely N-dealkylation sites (tertiary alicyclic amines) is 1. The highest BCUT2D eigenvalue weighted by Crippen LogP contribution is 2.19. The van der Waals surface area contributed by atoms with E-state index in [9.17, 15) is 4.79 Å². The van der Waals surface area contributed by atoms with Gasteiger partial charge in [0.25, 0.3) is 6.54 Å². The Hall–Kier alpha value is -1.08. The Kier molecular flexibility index (Phi) is 4.41. The third kappa shape index (κ3) is 2.71. The van der Waals surface area contributed by atoms with E-state index in [0.29, 0.717) is 6.42 Å². The van der Waals surface area contributed by atoms with Gasteiger partial charge in [0.15, 0.2) is 0 Å². The van der Waals surface area contributed by atoms with Gasteiger partial charge in [-0.15, -0.1) is 0 Å². The van der Waals surface area contributed by atoms with E-state index >= 15 is 0 Å². The van der Waals surface area contributed by atoms with Gasteiger partial charge in [-0.25, -0.2) is 6.57 Å². The molecule has 0 radical (unpaired) electrons. The van der Waals surface area contributed by atoms with Crippen LogP contribution in [0.3, 0.4) is 0 Å². The molecule has 1 aliphatic heterocycles. The van der Waals surface area contributed by atoms with Crippen LogP contribution < -0.4 is 0 Å². The predicted octanol–water partition coefficient (Wildman–Crippen LogP) is 0.669. The maximum absolute atomic E-state index is 11.5. The maximum atomic E-state index is 11.5. The average Bonchev–Trinajstić information content (AvgIpc) is 2.19. The molecule has 4 nitrogen and oxygen atoms in total. The Labute approximate surface area is 84.3 Å². The zero-order chi connectivity index (χ0) is 10.4. The Bertz CT molecular complexity index is 233. The van der Waals surface area contributed by atoms with Crippen molar-refractivity contribution in [3.05, 3.63) is 11.4 Å². The van der Waals surface area contributed by atoms with Crippen LogP contribution in [-0.4, -0.2) is 41.7 Å². The summed E-state index contributed by atoms with van der Waals surface area (Å²) in [5.74, 6) is -0.0850. The van der Waals surface area contributed by atoms with Crippen LogP contribution in [0, 0.1) is 6.57 Å². The highest BCUT2D eigenvalue weighted by atomic mass is 16.3. The molecule has 14 heavy (non-hydrogen) atoms. The number of nitrogens with zero attached hydrogens (tertiary/aromatic N) is 2. The van der Waals surface area contributed by atoms with Gasteiger partial charge in [-0.3, -0.25) is 4.79 Å². The van der Waals surface area contributed by atoms with Crippen LogP contribution in [0.5, 0.6) is 0 Å². The Morgan fingerprint density at radius 3 is 3.00 bits per heavy atom. The van der Waals surface area contributed by atoms with Crippen molar-refractivity contribution in [2.24, 2.45) is 0 Å². The molecule has 0 aromatic rings. The van der Waals surface area contributed by atoms with E-state index in [-0.39, 0.29) is 25.1 Å². The highest BCUT2D eigenvalue weighted by molar-refractivity contribution is 5.80. The number of rotatable bonds is 3. The zero-order valence-corrected chi connectivity index (χ0v) is 8.28. The molecule has 78 valence electrons. The maximum Gasteiger partial charge on any atom is 0.302 e. The fourth-order valence-corrected chi connectivity index (χ4v) is 1.94. The second kappa shape index (κ2) is 5.61. The number of carbonyl (C=O) groups is 1. The molecule has 0 aromatic heterocycles. The van der Waals surface area contributed by atoms with Crippen LogP contribution in [0.4, 0.5) is 0 Å². The number of piperidine rings is 1. The van der Waals surface area contributed by atoms with Crippen molar-refractivity contribution < 1.29 is 9.90 Å². The van der Waals surface area contributed by atoms with Gasteiger partial charge < -0.3 is 14.9 Å². The smallest absolute Gasteiger partial charge is 0.302 e. The van der Waals surface area contributed by atoms with Crippen LogP contribution in [0.25, 0.3) is 4.85 Å². The summed E-state index contributed by atoms with van der Waals surface area (Å²) in [7, 11) is 0. The molecule has 1 heterocycles. The number of hydrogen-bond acceptors (Lipinski definition) is 2. The van der Waals surface area contributed by atoms with Crippen molar-refractivity contribution in [1.82, 2.24) is 4.90 Å². The fourth-order valence-electron chi connectivity index (χ4n) is 1.94. The van der Waals surface area contributed by atoms with E-state index in [4.69, 9.17) is 11.7 Å². The molecule has 1 fully saturated rings. The summed E-state index contributed by atoms with van der Waals surface area (Å²) in [5.41, 5.74) is 0. The summed E-state index contributed by atoms with van der Waals surface area (Å²) < 4.78 is 0. The molecule has 0 saturated carbocycles. The normalized spacial score (nSPS) is 21.7. The number of aliphatic hydroxyl groups is 1. The van der Waals surface area contributed by atoms with Crippen LogP contribution in [-0.2, 0) is 4.79 Å². The van der Waals surface area contributed by atoms with E-state index < -0.39 is 0 Å². The SMILES string of the molecule is [C-]#[N+]CC(=O)N1CCCCC1CCO. The molecule has 0 aromatic carbocycles. The summed E-state index contributed by atoms with van der Waals surface area (Å²) >= 11 is 0. The number of carbonyl (C=O) groups excluding carboxylic acids is 1. The molecule has 1 N–H and O–H groups in total. The summed E-state index contributed by atoms with van der Waals surface area (Å²) in [4.78, 5) is 16.4. The van der Waals surface area contributed by atoms with E-state index in [0.717, 1.165) is 25.8 Å². The van der Waals surface area contributed by atoms with Gasteiger partial charge in [-0.1, -0.05) is 0 Å². The highest BCUT2D eigenvalue weighted by Gasteiger charge is 2.27. The van der Waals surface area contributed by atoms with Crippen molar-refractivity contribution in [3.63, 3.8) is 0 Å². The molecule has 1 unspecified atom stereocenters. The minimum absolute atomic E-state index is 0.0536. The number of amides is 1. The molecule has 0 spiro atoms. The van der Waals surface area contributed by atoms with E-state index in [1.807, 2.05) is 0 Å². The lowest BCUT2D eigenvalue weighted by Crippen LogP contribution is -2.45. The van der Waals surface area contributed by atoms with Gasteiger partial charge in [0.2, 0.25) is 0 Å². The van der Waals surface area contributed by atoms with Gasteiger partial charge in [-0.05, 0) is 25.7 Å². The third-order valence-corrected chi connectivity index (χ3v) is 2.62. The summed E-state index contributed by atoms with van der Waals surface area (Å²) in [6.07, 6.45) is 3.74. The Balaban J connectivity index is 2.53. The lowest BCUT2D eigenvalue weighted by molar-refractivity contribution is -0.133. The van der Waals surface area contributed by atoms with Crippen LogP contribution in [0.1, 0.15) is 25.7 Å². The summed E-state index contributed by atoms with van der Waals surface area (Å²) in [6.45, 7) is 7.46. The fraction of sp³-hybridized carbons (Fsp3) is 0.800. The van der Waals surface area contributed by atoms with Crippen LogP contribution >= 0.6 is 0 Å². The first-order valence-electron chi connectivity index (χ1n) is 5.03. The second-order valence-corrected chi connectivity index (χ2v) is 3.57. The van der Waals surface area contributed by atoms with Crippen LogP contribution in [0.2, 0.25) is 0 Å². The van der Waals surface area contributed by atoms with Crippen molar-refractivity contribution in [2.45, 2.75) is 31.7 Å². The van der Waals surface area contributed by atoms with Gasteiger partial charge in [0, 0.05) is 19.2 Å². The van der Waals surface area contributed by atoms with E-state index in [2.05, 4.69) is 4.85 Å². The van der Waals surface area contributed by atoms with Crippen molar-refractivity contribution in [1.29, 1.82) is 0 Å². The first-order chi connectivity index (χ1) is 6.79. The molecule has 4 heteroatoms. The van der Waals surface area contributed by atoms with E-state index in [1.165, 1.54) is 0 Å². The first-order valence-corrected chi connectivity index (χ1v) is 5.03. The van der Waals surface area contributed by atoms with Crippen molar-refractivity contribution in [2.75, 3.05) is 19.7 Å². The quantitative estimate of drug-likeness (QED) is 0.674. The lowest BCUT2D eigenvalue weighted by Gasteiger charge is -2.34. The van der Waals surface area contributed by atoms with Gasteiger partial charge in [0.05, 0.1) is 0 Å². The van der Waals surface area contributed by atoms with Gasteiger partial charge >= 0.3 is 5.91 Å². The summed E-state index contributed by atoms with van der Waals surface area (Å²) in [5, 5.41) is 8.85. The average molecular weight is 196 g/mol. The minimum atomic E-state index is -0.0850. The molecule has 1 saturated heterocycles. The minimum Gasteiger partial charge on any atom is -0.396 e. The summed E-state index contributed by atoms with van der Waals surface area (Å²) in [6, 6.07) is 0.156. The number of hydrogen-bond donors (Lipinski definition) is 1. The van der Waals surface area contributed by atoms with Gasteiger partial charge in [0.1, 0.15) is 0 Å². The monoisotopic (exact) mass is 196 g/mol. The molecule has 1 rings (SSSR count). The topological polar surface area (TPSA) is 44.9 Å². The third-order valence-electron chi connectivity index (χ3n) is 2.62. The predicted molar refractivity (Wildman–Crippen MR) is 52.5 cm³/mol. The largest absolute Gasteiger partial charge is 0.396 e. The van der Waals surface area contributed by atoms with Crippen molar-refractivity contribution >= 4 is 5.91 Å². The first kappa shape index (κ1) is 11.0. The molecular weight excluding hydrogens is 180 g/mol. The van der Waals surface area contributed by atoms with Crippen molar-refractivity contribution in [3.8, 4) is 0 Å². The zero-order valence-electron chi connectivity index (χ0n) is 8.28. The molecule has 1 atom stereocenters. The second-order valence-electron chi connectivity index (χ2n) is 3.57.